The van der Waals surface area contributed by atoms with Gasteiger partial charge in [0.05, 0.1) is 18.7 Å². The van der Waals surface area contributed by atoms with E-state index in [-0.39, 0.29) is 6.61 Å². The molecule has 4 heteroatoms. The predicted octanol–water partition coefficient (Wildman–Crippen LogP) is 3.17. The Morgan fingerprint density at radius 2 is 1.95 bits per heavy atom. The van der Waals surface area contributed by atoms with Crippen molar-refractivity contribution < 1.29 is 9.53 Å². The molecule has 0 radical (unpaired) electrons. The van der Waals surface area contributed by atoms with Crippen LogP contribution in [0.15, 0.2) is 30.3 Å². The van der Waals surface area contributed by atoms with Gasteiger partial charge in [0.2, 0.25) is 0 Å². The van der Waals surface area contributed by atoms with E-state index in [1.807, 2.05) is 13.0 Å². The number of rotatable bonds is 6. The molecule has 0 saturated carbocycles. The molecule has 0 bridgehead atoms. The predicted molar refractivity (Wildman–Crippen MR) is 74.4 cm³/mol. The third-order valence-corrected chi connectivity index (χ3v) is 3.24. The van der Waals surface area contributed by atoms with Crippen molar-refractivity contribution in [2.75, 3.05) is 6.61 Å². The number of ether oxygens (including phenoxy) is 1. The van der Waals surface area contributed by atoms with Crippen LogP contribution >= 0.6 is 0 Å². The first kappa shape index (κ1) is 15.7. The fourth-order valence-electron chi connectivity index (χ4n) is 2.30. The number of carbonyl (C=O) groups excluding carboxylic acids is 1. The van der Waals surface area contributed by atoms with E-state index in [0.717, 1.165) is 0 Å². The number of nitrogens with zero attached hydrogens (tertiary/aromatic N) is 2. The van der Waals surface area contributed by atoms with E-state index < -0.39 is 17.3 Å². The van der Waals surface area contributed by atoms with Crippen molar-refractivity contribution in [3.63, 3.8) is 0 Å². The summed E-state index contributed by atoms with van der Waals surface area (Å²) >= 11 is 0. The molecule has 0 fully saturated rings. The molecule has 0 amide bonds. The van der Waals surface area contributed by atoms with Crippen LogP contribution in [0.3, 0.4) is 0 Å². The highest BCUT2D eigenvalue weighted by atomic mass is 16.5. The summed E-state index contributed by atoms with van der Waals surface area (Å²) in [5.74, 6) is -1.44. The van der Waals surface area contributed by atoms with Gasteiger partial charge in [-0.15, -0.1) is 0 Å². The Morgan fingerprint density at radius 3 is 2.40 bits per heavy atom. The maximum atomic E-state index is 12.3. The molecule has 2 atom stereocenters. The van der Waals surface area contributed by atoms with E-state index in [4.69, 9.17) is 4.74 Å². The number of nitriles is 2. The molecule has 0 aliphatic heterocycles. The van der Waals surface area contributed by atoms with Gasteiger partial charge in [0.15, 0.2) is 5.41 Å². The van der Waals surface area contributed by atoms with Crippen molar-refractivity contribution in [2.45, 2.75) is 32.6 Å². The van der Waals surface area contributed by atoms with Crippen LogP contribution in [0.1, 0.15) is 38.2 Å². The van der Waals surface area contributed by atoms with E-state index in [2.05, 4.69) is 12.1 Å². The smallest absolute Gasteiger partial charge is 0.328 e. The van der Waals surface area contributed by atoms with Gasteiger partial charge in [-0.3, -0.25) is 4.79 Å². The van der Waals surface area contributed by atoms with Gasteiger partial charge in [0, 0.05) is 0 Å². The molecule has 0 spiro atoms. The zero-order valence-electron chi connectivity index (χ0n) is 11.8. The van der Waals surface area contributed by atoms with Gasteiger partial charge in [-0.05, 0) is 18.9 Å². The molecule has 1 aromatic rings. The lowest BCUT2D eigenvalue weighted by atomic mass is 9.71. The highest BCUT2D eigenvalue weighted by molar-refractivity contribution is 5.82. The second-order valence-electron chi connectivity index (χ2n) is 4.53. The van der Waals surface area contributed by atoms with Gasteiger partial charge < -0.3 is 4.74 Å². The number of esters is 1. The molecule has 4 nitrogen and oxygen atoms in total. The van der Waals surface area contributed by atoms with E-state index >= 15 is 0 Å². The quantitative estimate of drug-likeness (QED) is 0.744. The lowest BCUT2D eigenvalue weighted by Gasteiger charge is -2.28. The molecule has 0 N–H and O–H groups in total. The molecule has 104 valence electrons. The lowest BCUT2D eigenvalue weighted by Crippen LogP contribution is -2.37. The van der Waals surface area contributed by atoms with Crippen LogP contribution in [0, 0.1) is 28.1 Å². The molecule has 0 aromatic heterocycles. The number of hydrogen-bond acceptors (Lipinski definition) is 4. The fraction of sp³-hybridized carbons (Fsp3) is 0.438. The van der Waals surface area contributed by atoms with Crippen LogP contribution in [0.5, 0.6) is 0 Å². The molecule has 0 aliphatic rings. The Balaban J connectivity index is 3.31. The van der Waals surface area contributed by atoms with Crippen LogP contribution in [0.2, 0.25) is 0 Å². The second kappa shape index (κ2) is 7.31. The minimum absolute atomic E-state index is 0.193. The van der Waals surface area contributed by atoms with Crippen molar-refractivity contribution >= 4 is 5.97 Å². The average molecular weight is 270 g/mol. The summed E-state index contributed by atoms with van der Waals surface area (Å²) in [4.78, 5) is 12.3. The molecule has 1 rings (SSSR count). The summed E-state index contributed by atoms with van der Waals surface area (Å²) in [5, 5.41) is 19.0. The van der Waals surface area contributed by atoms with Crippen LogP contribution in [0.4, 0.5) is 0 Å². The highest BCUT2D eigenvalue weighted by Gasteiger charge is 2.48. The van der Waals surface area contributed by atoms with Crippen molar-refractivity contribution in [1.29, 1.82) is 10.5 Å². The van der Waals surface area contributed by atoms with Crippen molar-refractivity contribution in [1.82, 2.24) is 0 Å². The molecule has 2 unspecified atom stereocenters. The summed E-state index contributed by atoms with van der Waals surface area (Å²) in [6, 6.07) is 13.1. The topological polar surface area (TPSA) is 73.9 Å². The van der Waals surface area contributed by atoms with E-state index in [1.165, 1.54) is 0 Å². The van der Waals surface area contributed by atoms with E-state index in [1.54, 1.807) is 31.2 Å². The third kappa shape index (κ3) is 2.97. The molecule has 0 aliphatic carbocycles. The van der Waals surface area contributed by atoms with Crippen LogP contribution in [-0.2, 0) is 9.53 Å². The third-order valence-electron chi connectivity index (χ3n) is 3.24. The number of carbonyl (C=O) groups is 1. The van der Waals surface area contributed by atoms with Gasteiger partial charge in [0.25, 0.3) is 0 Å². The molecular weight excluding hydrogens is 252 g/mol. The van der Waals surface area contributed by atoms with E-state index in [0.29, 0.717) is 18.4 Å². The zero-order valence-corrected chi connectivity index (χ0v) is 11.8. The van der Waals surface area contributed by atoms with Gasteiger partial charge in [-0.25, -0.2) is 0 Å². The van der Waals surface area contributed by atoms with Crippen LogP contribution in [0.25, 0.3) is 0 Å². The summed E-state index contributed by atoms with van der Waals surface area (Å²) < 4.78 is 5.04. The zero-order chi connectivity index (χ0) is 15.0. The molecule has 0 saturated heterocycles. The summed E-state index contributed by atoms with van der Waals surface area (Å²) in [6.07, 6.45) is 0.923. The maximum absolute atomic E-state index is 12.3. The Bertz CT molecular complexity index is 528. The summed E-state index contributed by atoms with van der Waals surface area (Å²) in [7, 11) is 0. The standard InChI is InChI=1S/C16H18N2O2/c1-3-10-16(12-18,15(19)20-4-2)14(11-17)13-8-6-5-7-9-13/h5-9,14H,3-4,10H2,1-2H3. The molecule has 20 heavy (non-hydrogen) atoms. The highest BCUT2D eigenvalue weighted by Crippen LogP contribution is 2.40. The minimum Gasteiger partial charge on any atom is -0.465 e. The van der Waals surface area contributed by atoms with Crippen LogP contribution < -0.4 is 0 Å². The lowest BCUT2D eigenvalue weighted by molar-refractivity contribution is -0.153. The normalized spacial score (nSPS) is 14.4. The van der Waals surface area contributed by atoms with Gasteiger partial charge in [-0.1, -0.05) is 43.7 Å². The summed E-state index contributed by atoms with van der Waals surface area (Å²) in [6.45, 7) is 3.76. The molecule has 1 aromatic carbocycles. The minimum atomic E-state index is -1.44. The second-order valence-corrected chi connectivity index (χ2v) is 4.53. The number of hydrogen-bond donors (Lipinski definition) is 0. The Hall–Kier alpha value is -2.33. The van der Waals surface area contributed by atoms with Crippen molar-refractivity contribution in [2.24, 2.45) is 5.41 Å². The van der Waals surface area contributed by atoms with Crippen LogP contribution in [-0.4, -0.2) is 12.6 Å². The first-order valence-electron chi connectivity index (χ1n) is 6.69. The molecular formula is C16H18N2O2. The largest absolute Gasteiger partial charge is 0.465 e. The van der Waals surface area contributed by atoms with Gasteiger partial charge in [0.1, 0.15) is 5.92 Å². The van der Waals surface area contributed by atoms with Gasteiger partial charge >= 0.3 is 5.97 Å². The Kier molecular flexibility index (Phi) is 5.74. The monoisotopic (exact) mass is 270 g/mol. The van der Waals surface area contributed by atoms with E-state index in [9.17, 15) is 15.3 Å². The Morgan fingerprint density at radius 1 is 1.30 bits per heavy atom. The SMILES string of the molecule is CCCC(C#N)(C(=O)OCC)C(C#N)c1ccccc1. The maximum Gasteiger partial charge on any atom is 0.328 e. The number of benzene rings is 1. The van der Waals surface area contributed by atoms with Gasteiger partial charge in [-0.2, -0.15) is 10.5 Å². The Labute approximate surface area is 119 Å². The summed E-state index contributed by atoms with van der Waals surface area (Å²) in [5.41, 5.74) is -0.779. The molecule has 0 heterocycles. The van der Waals surface area contributed by atoms with Crippen molar-refractivity contribution in [3.05, 3.63) is 35.9 Å². The van der Waals surface area contributed by atoms with Crippen molar-refractivity contribution in [3.8, 4) is 12.1 Å². The first-order chi connectivity index (χ1) is 9.66. The first-order valence-corrected chi connectivity index (χ1v) is 6.69. The fourth-order valence-corrected chi connectivity index (χ4v) is 2.30. The average Bonchev–Trinajstić information content (AvgIpc) is 2.48.